The summed E-state index contributed by atoms with van der Waals surface area (Å²) in [6, 6.07) is 0. The molecule has 1 saturated carbocycles. The third-order valence-corrected chi connectivity index (χ3v) is 3.68. The van der Waals surface area contributed by atoms with E-state index in [0.717, 1.165) is 13.0 Å². The van der Waals surface area contributed by atoms with Gasteiger partial charge in [0.05, 0.1) is 19.3 Å². The minimum atomic E-state index is -0.0422. The first-order valence-electron chi connectivity index (χ1n) is 6.23. The SMILES string of the molecule is C=CC1CCC[C@@H]1C1OCCC(COC)O1. The molecule has 0 amide bonds. The van der Waals surface area contributed by atoms with Gasteiger partial charge >= 0.3 is 0 Å². The van der Waals surface area contributed by atoms with Gasteiger partial charge in [0.25, 0.3) is 0 Å². The number of hydrogen-bond donors (Lipinski definition) is 0. The molecule has 0 bridgehead atoms. The Bertz CT molecular complexity index is 227. The van der Waals surface area contributed by atoms with E-state index in [4.69, 9.17) is 14.2 Å². The number of methoxy groups -OCH3 is 1. The highest BCUT2D eigenvalue weighted by molar-refractivity contribution is 4.91. The molecule has 0 spiro atoms. The fraction of sp³-hybridized carbons (Fsp3) is 0.846. The van der Waals surface area contributed by atoms with Crippen molar-refractivity contribution < 1.29 is 14.2 Å². The van der Waals surface area contributed by atoms with Crippen molar-refractivity contribution in [3.63, 3.8) is 0 Å². The van der Waals surface area contributed by atoms with E-state index in [0.29, 0.717) is 18.4 Å². The first kappa shape index (κ1) is 12.1. The highest BCUT2D eigenvalue weighted by Crippen LogP contribution is 2.37. The van der Waals surface area contributed by atoms with Gasteiger partial charge in [0, 0.05) is 13.0 Å². The van der Waals surface area contributed by atoms with E-state index < -0.39 is 0 Å². The van der Waals surface area contributed by atoms with Crippen molar-refractivity contribution in [2.45, 2.75) is 38.1 Å². The second kappa shape index (κ2) is 5.80. The lowest BCUT2D eigenvalue weighted by molar-refractivity contribution is -0.245. The Morgan fingerprint density at radius 3 is 3.00 bits per heavy atom. The number of ether oxygens (including phenoxy) is 3. The average Bonchev–Trinajstić information content (AvgIpc) is 2.78. The summed E-state index contributed by atoms with van der Waals surface area (Å²) in [6.07, 6.45) is 6.85. The van der Waals surface area contributed by atoms with Crippen molar-refractivity contribution in [2.24, 2.45) is 11.8 Å². The zero-order valence-electron chi connectivity index (χ0n) is 10.1. The predicted molar refractivity (Wildman–Crippen MR) is 62.1 cm³/mol. The van der Waals surface area contributed by atoms with Gasteiger partial charge in [-0.15, -0.1) is 6.58 Å². The fourth-order valence-corrected chi connectivity index (χ4v) is 2.79. The molecule has 2 aliphatic rings. The van der Waals surface area contributed by atoms with Gasteiger partial charge in [-0.3, -0.25) is 0 Å². The zero-order chi connectivity index (χ0) is 11.4. The van der Waals surface area contributed by atoms with Crippen molar-refractivity contribution >= 4 is 0 Å². The number of rotatable bonds is 4. The third kappa shape index (κ3) is 2.65. The average molecular weight is 226 g/mol. The van der Waals surface area contributed by atoms with Crippen LogP contribution in [0.1, 0.15) is 25.7 Å². The van der Waals surface area contributed by atoms with Gasteiger partial charge in [-0.25, -0.2) is 0 Å². The summed E-state index contributed by atoms with van der Waals surface area (Å²) >= 11 is 0. The zero-order valence-corrected chi connectivity index (χ0v) is 10.1. The van der Waals surface area contributed by atoms with Crippen molar-refractivity contribution in [1.29, 1.82) is 0 Å². The van der Waals surface area contributed by atoms with Crippen LogP contribution in [0.25, 0.3) is 0 Å². The maximum atomic E-state index is 5.95. The molecule has 3 nitrogen and oxygen atoms in total. The largest absolute Gasteiger partial charge is 0.382 e. The van der Waals surface area contributed by atoms with Gasteiger partial charge < -0.3 is 14.2 Å². The lowest BCUT2D eigenvalue weighted by Crippen LogP contribution is -2.40. The molecule has 1 saturated heterocycles. The van der Waals surface area contributed by atoms with Crippen LogP contribution in [0.3, 0.4) is 0 Å². The molecule has 0 aromatic carbocycles. The first-order valence-corrected chi connectivity index (χ1v) is 6.23. The molecule has 16 heavy (non-hydrogen) atoms. The van der Waals surface area contributed by atoms with Crippen LogP contribution in [-0.4, -0.2) is 32.7 Å². The lowest BCUT2D eigenvalue weighted by Gasteiger charge is -2.35. The van der Waals surface area contributed by atoms with Gasteiger partial charge in [-0.05, 0) is 25.2 Å². The van der Waals surface area contributed by atoms with Crippen LogP contribution >= 0.6 is 0 Å². The van der Waals surface area contributed by atoms with Crippen molar-refractivity contribution in [1.82, 2.24) is 0 Å². The molecular formula is C13H22O3. The monoisotopic (exact) mass is 226 g/mol. The smallest absolute Gasteiger partial charge is 0.161 e. The van der Waals surface area contributed by atoms with Crippen molar-refractivity contribution in [2.75, 3.05) is 20.3 Å². The van der Waals surface area contributed by atoms with Gasteiger partial charge in [0.2, 0.25) is 0 Å². The van der Waals surface area contributed by atoms with E-state index in [2.05, 4.69) is 12.7 Å². The molecule has 0 N–H and O–H groups in total. The summed E-state index contributed by atoms with van der Waals surface area (Å²) in [4.78, 5) is 0. The van der Waals surface area contributed by atoms with Gasteiger partial charge in [0.15, 0.2) is 6.29 Å². The maximum absolute atomic E-state index is 5.95. The summed E-state index contributed by atoms with van der Waals surface area (Å²) in [5.74, 6) is 1.06. The topological polar surface area (TPSA) is 27.7 Å². The maximum Gasteiger partial charge on any atom is 0.161 e. The summed E-state index contributed by atoms with van der Waals surface area (Å²) < 4.78 is 16.8. The van der Waals surface area contributed by atoms with E-state index >= 15 is 0 Å². The molecule has 0 aromatic heterocycles. The molecule has 2 rings (SSSR count). The van der Waals surface area contributed by atoms with E-state index in [9.17, 15) is 0 Å². The van der Waals surface area contributed by atoms with Crippen LogP contribution < -0.4 is 0 Å². The molecule has 3 unspecified atom stereocenters. The Morgan fingerprint density at radius 2 is 2.25 bits per heavy atom. The molecule has 1 aliphatic carbocycles. The molecule has 0 aromatic rings. The summed E-state index contributed by atoms with van der Waals surface area (Å²) in [5.41, 5.74) is 0. The second-order valence-electron chi connectivity index (χ2n) is 4.74. The Kier molecular flexibility index (Phi) is 4.38. The van der Waals surface area contributed by atoms with Crippen LogP contribution in [-0.2, 0) is 14.2 Å². The molecule has 2 fully saturated rings. The number of allylic oxidation sites excluding steroid dienone is 1. The van der Waals surface area contributed by atoms with Gasteiger partial charge in [-0.1, -0.05) is 12.5 Å². The van der Waals surface area contributed by atoms with Crippen LogP contribution in [0, 0.1) is 11.8 Å². The summed E-state index contributed by atoms with van der Waals surface area (Å²) in [7, 11) is 1.72. The highest BCUT2D eigenvalue weighted by Gasteiger charge is 2.36. The minimum absolute atomic E-state index is 0.0422. The molecule has 0 radical (unpaired) electrons. The molecule has 1 aliphatic heterocycles. The van der Waals surface area contributed by atoms with Crippen LogP contribution in [0.15, 0.2) is 12.7 Å². The van der Waals surface area contributed by atoms with Gasteiger partial charge in [0.1, 0.15) is 0 Å². The molecule has 1 heterocycles. The summed E-state index contributed by atoms with van der Waals surface area (Å²) in [5, 5.41) is 0. The van der Waals surface area contributed by atoms with E-state index in [1.807, 2.05) is 0 Å². The Morgan fingerprint density at radius 1 is 1.38 bits per heavy atom. The standard InChI is InChI=1S/C13H22O3/c1-3-10-5-4-6-12(10)13-15-8-7-11(16-13)9-14-2/h3,10-13H,1,4-9H2,2H3/t10?,11?,12-,13?/m0/s1. The Labute approximate surface area is 97.8 Å². The van der Waals surface area contributed by atoms with Crippen LogP contribution in [0.2, 0.25) is 0 Å². The van der Waals surface area contributed by atoms with E-state index in [1.54, 1.807) is 7.11 Å². The number of hydrogen-bond acceptors (Lipinski definition) is 3. The Balaban J connectivity index is 1.90. The summed E-state index contributed by atoms with van der Waals surface area (Å²) in [6.45, 7) is 5.37. The van der Waals surface area contributed by atoms with Gasteiger partial charge in [-0.2, -0.15) is 0 Å². The molecular weight excluding hydrogens is 204 g/mol. The Hall–Kier alpha value is -0.380. The third-order valence-electron chi connectivity index (χ3n) is 3.68. The quantitative estimate of drug-likeness (QED) is 0.689. The lowest BCUT2D eigenvalue weighted by atomic mass is 9.95. The minimum Gasteiger partial charge on any atom is -0.382 e. The molecule has 3 heteroatoms. The van der Waals surface area contributed by atoms with Crippen LogP contribution in [0.5, 0.6) is 0 Å². The van der Waals surface area contributed by atoms with Crippen LogP contribution in [0.4, 0.5) is 0 Å². The van der Waals surface area contributed by atoms with E-state index in [1.165, 1.54) is 19.3 Å². The van der Waals surface area contributed by atoms with E-state index in [-0.39, 0.29) is 12.4 Å². The molecule has 4 atom stereocenters. The van der Waals surface area contributed by atoms with Crippen molar-refractivity contribution in [3.8, 4) is 0 Å². The second-order valence-corrected chi connectivity index (χ2v) is 4.74. The van der Waals surface area contributed by atoms with Crippen molar-refractivity contribution in [3.05, 3.63) is 12.7 Å². The normalized spacial score (nSPS) is 39.8. The predicted octanol–water partition coefficient (Wildman–Crippen LogP) is 2.37. The fourth-order valence-electron chi connectivity index (χ4n) is 2.79. The molecule has 92 valence electrons. The highest BCUT2D eigenvalue weighted by atomic mass is 16.7. The first-order chi connectivity index (χ1) is 7.85.